The number of amides is 1. The van der Waals surface area contributed by atoms with Gasteiger partial charge in [0.15, 0.2) is 6.61 Å². The number of benzene rings is 1. The van der Waals surface area contributed by atoms with Gasteiger partial charge in [0.25, 0.3) is 5.91 Å². The lowest BCUT2D eigenvalue weighted by Crippen LogP contribution is -2.20. The molecule has 1 fully saturated rings. The zero-order chi connectivity index (χ0) is 17.8. The van der Waals surface area contributed by atoms with E-state index in [-0.39, 0.29) is 5.91 Å². The highest BCUT2D eigenvalue weighted by molar-refractivity contribution is 6.03. The standard InChI is InChI=1S/C18H21N3O4/c1-12-10-14(25-11-17(22)23)6-7-15(12)20-18(24)16-8-9-19-21(16)13-4-2-3-5-13/h6-10,13H,2-5,11H2,1H3,(H,20,24)(H,22,23). The lowest BCUT2D eigenvalue weighted by molar-refractivity contribution is -0.139. The molecule has 0 radical (unpaired) electrons. The third kappa shape index (κ3) is 3.99. The molecule has 0 spiro atoms. The highest BCUT2D eigenvalue weighted by Crippen LogP contribution is 2.30. The van der Waals surface area contributed by atoms with E-state index in [1.54, 1.807) is 30.5 Å². The van der Waals surface area contributed by atoms with Crippen LogP contribution in [0.1, 0.15) is 47.8 Å². The maximum Gasteiger partial charge on any atom is 0.341 e. The molecule has 7 nitrogen and oxygen atoms in total. The number of carboxylic acids is 1. The Hall–Kier alpha value is -2.83. The summed E-state index contributed by atoms with van der Waals surface area (Å²) in [4.78, 5) is 23.2. The van der Waals surface area contributed by atoms with Crippen LogP contribution < -0.4 is 10.1 Å². The summed E-state index contributed by atoms with van der Waals surface area (Å²) in [5.41, 5.74) is 2.01. The Labute approximate surface area is 145 Å². The summed E-state index contributed by atoms with van der Waals surface area (Å²) in [6.07, 6.45) is 6.10. The highest BCUT2D eigenvalue weighted by atomic mass is 16.5. The van der Waals surface area contributed by atoms with E-state index in [0.717, 1.165) is 18.4 Å². The number of ether oxygens (including phenoxy) is 1. The lowest BCUT2D eigenvalue weighted by atomic mass is 10.2. The number of carbonyl (C=O) groups is 2. The number of hydrogen-bond donors (Lipinski definition) is 2. The minimum Gasteiger partial charge on any atom is -0.482 e. The smallest absolute Gasteiger partial charge is 0.341 e. The number of rotatable bonds is 6. The van der Waals surface area contributed by atoms with Crippen molar-refractivity contribution in [3.05, 3.63) is 41.7 Å². The van der Waals surface area contributed by atoms with E-state index in [4.69, 9.17) is 9.84 Å². The molecule has 2 N–H and O–H groups in total. The molecule has 7 heteroatoms. The van der Waals surface area contributed by atoms with E-state index < -0.39 is 12.6 Å². The summed E-state index contributed by atoms with van der Waals surface area (Å²) >= 11 is 0. The van der Waals surface area contributed by atoms with E-state index in [2.05, 4.69) is 10.4 Å². The molecule has 0 atom stereocenters. The van der Waals surface area contributed by atoms with Crippen molar-refractivity contribution in [3.8, 4) is 5.75 Å². The van der Waals surface area contributed by atoms with E-state index in [0.29, 0.717) is 23.2 Å². The third-order valence-corrected chi connectivity index (χ3v) is 4.38. The second-order valence-corrected chi connectivity index (χ2v) is 6.21. The number of aryl methyl sites for hydroxylation is 1. The van der Waals surface area contributed by atoms with E-state index in [1.807, 2.05) is 11.6 Å². The van der Waals surface area contributed by atoms with Crippen LogP contribution in [-0.4, -0.2) is 33.4 Å². The molecule has 0 saturated heterocycles. The van der Waals surface area contributed by atoms with Gasteiger partial charge in [-0.25, -0.2) is 4.79 Å². The number of aliphatic carboxylic acids is 1. The van der Waals surface area contributed by atoms with Crippen LogP contribution in [0.5, 0.6) is 5.75 Å². The van der Waals surface area contributed by atoms with Gasteiger partial charge in [-0.2, -0.15) is 5.10 Å². The molecular formula is C18H21N3O4. The van der Waals surface area contributed by atoms with Gasteiger partial charge in [0, 0.05) is 11.9 Å². The van der Waals surface area contributed by atoms with Gasteiger partial charge in [-0.1, -0.05) is 12.8 Å². The fourth-order valence-corrected chi connectivity index (χ4v) is 3.13. The molecule has 1 heterocycles. The molecule has 1 aromatic heterocycles. The number of carboxylic acid groups (broad SMARTS) is 1. The highest BCUT2D eigenvalue weighted by Gasteiger charge is 2.22. The van der Waals surface area contributed by atoms with Crippen molar-refractivity contribution < 1.29 is 19.4 Å². The Balaban J connectivity index is 1.71. The van der Waals surface area contributed by atoms with Crippen molar-refractivity contribution in [2.45, 2.75) is 38.6 Å². The average Bonchev–Trinajstić information content (AvgIpc) is 3.25. The van der Waals surface area contributed by atoms with Crippen LogP contribution in [-0.2, 0) is 4.79 Å². The Morgan fingerprint density at radius 1 is 1.32 bits per heavy atom. The molecule has 1 aromatic carbocycles. The number of nitrogens with one attached hydrogen (secondary N) is 1. The number of hydrogen-bond acceptors (Lipinski definition) is 4. The Kier molecular flexibility index (Phi) is 5.02. The maximum absolute atomic E-state index is 12.6. The van der Waals surface area contributed by atoms with Crippen molar-refractivity contribution in [2.75, 3.05) is 11.9 Å². The SMILES string of the molecule is Cc1cc(OCC(=O)O)ccc1NC(=O)c1ccnn1C1CCCC1. The van der Waals surface area contributed by atoms with Gasteiger partial charge in [-0.05, 0) is 49.6 Å². The van der Waals surface area contributed by atoms with Crippen molar-refractivity contribution in [3.63, 3.8) is 0 Å². The molecule has 2 aromatic rings. The Bertz CT molecular complexity index is 778. The zero-order valence-electron chi connectivity index (χ0n) is 14.1. The summed E-state index contributed by atoms with van der Waals surface area (Å²) in [6.45, 7) is 1.43. The molecule has 0 unspecified atom stereocenters. The van der Waals surface area contributed by atoms with Crippen molar-refractivity contribution in [1.82, 2.24) is 9.78 Å². The molecule has 3 rings (SSSR count). The van der Waals surface area contributed by atoms with Gasteiger partial charge in [0.05, 0.1) is 6.04 Å². The Morgan fingerprint density at radius 3 is 2.76 bits per heavy atom. The summed E-state index contributed by atoms with van der Waals surface area (Å²) < 4.78 is 6.96. The predicted octanol–water partition coefficient (Wildman–Crippen LogP) is 3.02. The molecule has 0 aliphatic heterocycles. The van der Waals surface area contributed by atoms with E-state index in [9.17, 15) is 9.59 Å². The van der Waals surface area contributed by atoms with Crippen LogP contribution in [0, 0.1) is 6.92 Å². The molecule has 0 bridgehead atoms. The van der Waals surface area contributed by atoms with Gasteiger partial charge >= 0.3 is 5.97 Å². The molecule has 1 aliphatic carbocycles. The van der Waals surface area contributed by atoms with Crippen molar-refractivity contribution >= 4 is 17.6 Å². The minimum absolute atomic E-state index is 0.202. The molecule has 1 amide bonds. The van der Waals surface area contributed by atoms with Gasteiger partial charge in [0.1, 0.15) is 11.4 Å². The summed E-state index contributed by atoms with van der Waals surface area (Å²) in [5.74, 6) is -0.782. The molecule has 25 heavy (non-hydrogen) atoms. The van der Waals surface area contributed by atoms with Gasteiger partial charge < -0.3 is 15.2 Å². The van der Waals surface area contributed by atoms with Crippen LogP contribution >= 0.6 is 0 Å². The topological polar surface area (TPSA) is 93.4 Å². The number of nitrogens with zero attached hydrogens (tertiary/aromatic N) is 2. The van der Waals surface area contributed by atoms with Crippen LogP contribution in [0.4, 0.5) is 5.69 Å². The monoisotopic (exact) mass is 343 g/mol. The summed E-state index contributed by atoms with van der Waals surface area (Å²) in [5, 5.41) is 15.9. The lowest BCUT2D eigenvalue weighted by Gasteiger charge is -2.15. The van der Waals surface area contributed by atoms with Crippen molar-refractivity contribution in [2.24, 2.45) is 0 Å². The van der Waals surface area contributed by atoms with E-state index in [1.165, 1.54) is 12.8 Å². The van der Waals surface area contributed by atoms with E-state index >= 15 is 0 Å². The first kappa shape index (κ1) is 17.0. The van der Waals surface area contributed by atoms with Crippen molar-refractivity contribution in [1.29, 1.82) is 0 Å². The fourth-order valence-electron chi connectivity index (χ4n) is 3.13. The van der Waals surface area contributed by atoms with Crippen LogP contribution in [0.2, 0.25) is 0 Å². The van der Waals surface area contributed by atoms with Gasteiger partial charge in [0.2, 0.25) is 0 Å². The average molecular weight is 343 g/mol. The second-order valence-electron chi connectivity index (χ2n) is 6.21. The second kappa shape index (κ2) is 7.38. The van der Waals surface area contributed by atoms with Crippen LogP contribution in [0.25, 0.3) is 0 Å². The number of aromatic nitrogens is 2. The third-order valence-electron chi connectivity index (χ3n) is 4.38. The summed E-state index contributed by atoms with van der Waals surface area (Å²) in [7, 11) is 0. The quantitative estimate of drug-likeness (QED) is 0.841. The first-order valence-corrected chi connectivity index (χ1v) is 8.34. The van der Waals surface area contributed by atoms with Gasteiger partial charge in [-0.3, -0.25) is 9.48 Å². The normalized spacial score (nSPS) is 14.4. The maximum atomic E-state index is 12.6. The van der Waals surface area contributed by atoms with Gasteiger partial charge in [-0.15, -0.1) is 0 Å². The Morgan fingerprint density at radius 2 is 2.08 bits per heavy atom. The first-order chi connectivity index (χ1) is 12.0. The first-order valence-electron chi connectivity index (χ1n) is 8.34. The zero-order valence-corrected chi connectivity index (χ0v) is 14.1. The minimum atomic E-state index is -1.03. The van der Waals surface area contributed by atoms with Crippen LogP contribution in [0.15, 0.2) is 30.5 Å². The molecule has 1 saturated carbocycles. The predicted molar refractivity (Wildman–Crippen MR) is 92.0 cm³/mol. The number of anilines is 1. The molecule has 1 aliphatic rings. The molecule has 132 valence electrons. The fraction of sp³-hybridized carbons (Fsp3) is 0.389. The van der Waals surface area contributed by atoms with Crippen LogP contribution in [0.3, 0.4) is 0 Å². The number of carbonyl (C=O) groups excluding carboxylic acids is 1. The summed E-state index contributed by atoms with van der Waals surface area (Å²) in [6, 6.07) is 7.07. The largest absolute Gasteiger partial charge is 0.482 e. The molecular weight excluding hydrogens is 322 g/mol.